The van der Waals surface area contributed by atoms with Gasteiger partial charge in [0.2, 0.25) is 0 Å². The van der Waals surface area contributed by atoms with Gasteiger partial charge >= 0.3 is 0 Å². The third-order valence-corrected chi connectivity index (χ3v) is 5.99. The first-order chi connectivity index (χ1) is 15.4. The van der Waals surface area contributed by atoms with Crippen molar-refractivity contribution >= 4 is 17.5 Å². The molecular formula is C25H29ClN4O2. The Kier molecular flexibility index (Phi) is 6.94. The van der Waals surface area contributed by atoms with Gasteiger partial charge in [0, 0.05) is 31.2 Å². The average Bonchev–Trinajstić information content (AvgIpc) is 3.13. The van der Waals surface area contributed by atoms with E-state index in [1.54, 1.807) is 10.9 Å². The fourth-order valence-corrected chi connectivity index (χ4v) is 4.49. The van der Waals surface area contributed by atoms with Crippen molar-refractivity contribution < 1.29 is 9.53 Å². The first-order valence-electron chi connectivity index (χ1n) is 10.9. The maximum Gasteiger partial charge on any atom is 0.255 e. The molecule has 2 aromatic carbocycles. The second-order valence-corrected chi connectivity index (χ2v) is 8.87. The standard InChI is InChI=1S/C25H29ClN4O2/c1-17-14-29(15-18(2)32-17)16-21-8-5-4-7-20(21)12-27-25(31)24-13-28-30(19(24)3)23-10-6-9-22(26)11-23/h4-11,13,17-18H,12,14-16H2,1-3H3,(H,27,31). The number of morpholine rings is 1. The van der Waals surface area contributed by atoms with E-state index >= 15 is 0 Å². The number of hydrogen-bond donors (Lipinski definition) is 1. The Morgan fingerprint density at radius 2 is 1.84 bits per heavy atom. The average molecular weight is 453 g/mol. The number of nitrogens with one attached hydrogen (secondary N) is 1. The quantitative estimate of drug-likeness (QED) is 0.603. The number of hydrogen-bond acceptors (Lipinski definition) is 4. The van der Waals surface area contributed by atoms with E-state index in [0.717, 1.165) is 36.6 Å². The predicted molar refractivity (Wildman–Crippen MR) is 126 cm³/mol. The van der Waals surface area contributed by atoms with Crippen LogP contribution in [0, 0.1) is 6.92 Å². The molecule has 1 fully saturated rings. The first kappa shape index (κ1) is 22.5. The highest BCUT2D eigenvalue weighted by Crippen LogP contribution is 2.19. The third kappa shape index (κ3) is 5.21. The third-order valence-electron chi connectivity index (χ3n) is 5.75. The Morgan fingerprint density at radius 3 is 2.56 bits per heavy atom. The Balaban J connectivity index is 1.44. The maximum atomic E-state index is 12.9. The topological polar surface area (TPSA) is 59.4 Å². The van der Waals surface area contributed by atoms with Crippen molar-refractivity contribution in [1.82, 2.24) is 20.0 Å². The number of amides is 1. The van der Waals surface area contributed by atoms with Crippen LogP contribution >= 0.6 is 11.6 Å². The van der Waals surface area contributed by atoms with E-state index in [2.05, 4.69) is 41.3 Å². The van der Waals surface area contributed by atoms with Gasteiger partial charge in [-0.05, 0) is 50.1 Å². The molecule has 7 heteroatoms. The minimum Gasteiger partial charge on any atom is -0.373 e. The van der Waals surface area contributed by atoms with Gasteiger partial charge in [-0.3, -0.25) is 9.69 Å². The highest BCUT2D eigenvalue weighted by molar-refractivity contribution is 6.30. The van der Waals surface area contributed by atoms with Crippen molar-refractivity contribution in [3.63, 3.8) is 0 Å². The summed E-state index contributed by atoms with van der Waals surface area (Å²) in [5.74, 6) is -0.140. The van der Waals surface area contributed by atoms with Crippen molar-refractivity contribution in [2.45, 2.75) is 46.1 Å². The highest BCUT2D eigenvalue weighted by atomic mass is 35.5. The summed E-state index contributed by atoms with van der Waals surface area (Å²) < 4.78 is 7.58. The van der Waals surface area contributed by atoms with Crippen LogP contribution in [0.4, 0.5) is 0 Å². The normalized spacial score (nSPS) is 19.1. The number of benzene rings is 2. The van der Waals surface area contributed by atoms with E-state index in [0.29, 0.717) is 17.1 Å². The molecule has 0 saturated carbocycles. The molecule has 2 atom stereocenters. The molecule has 0 bridgehead atoms. The van der Waals surface area contributed by atoms with Gasteiger partial charge in [-0.2, -0.15) is 5.10 Å². The van der Waals surface area contributed by atoms with Crippen LogP contribution in [0.25, 0.3) is 5.69 Å². The molecule has 0 radical (unpaired) electrons. The van der Waals surface area contributed by atoms with E-state index in [1.807, 2.05) is 43.3 Å². The van der Waals surface area contributed by atoms with Gasteiger partial charge in [-0.15, -0.1) is 0 Å². The van der Waals surface area contributed by atoms with Crippen LogP contribution in [0.3, 0.4) is 0 Å². The molecule has 6 nitrogen and oxygen atoms in total. The zero-order chi connectivity index (χ0) is 22.7. The summed E-state index contributed by atoms with van der Waals surface area (Å²) in [5.41, 5.74) is 4.49. The Morgan fingerprint density at radius 1 is 1.12 bits per heavy atom. The molecule has 2 unspecified atom stereocenters. The molecule has 0 spiro atoms. The molecule has 32 heavy (non-hydrogen) atoms. The number of halogens is 1. The van der Waals surface area contributed by atoms with Gasteiger partial charge in [-0.25, -0.2) is 4.68 Å². The molecule has 1 aliphatic rings. The van der Waals surface area contributed by atoms with Gasteiger partial charge in [0.15, 0.2) is 0 Å². The summed E-state index contributed by atoms with van der Waals surface area (Å²) in [6, 6.07) is 15.7. The van der Waals surface area contributed by atoms with Crippen LogP contribution in [0.5, 0.6) is 0 Å². The van der Waals surface area contributed by atoms with E-state index in [1.165, 1.54) is 5.56 Å². The maximum absolute atomic E-state index is 12.9. The molecule has 4 rings (SSSR count). The van der Waals surface area contributed by atoms with Gasteiger partial charge in [0.1, 0.15) is 0 Å². The number of nitrogens with zero attached hydrogens (tertiary/aromatic N) is 3. The molecule has 1 aromatic heterocycles. The van der Waals surface area contributed by atoms with Crippen molar-refractivity contribution in [3.8, 4) is 5.69 Å². The fourth-order valence-electron chi connectivity index (χ4n) is 4.31. The van der Waals surface area contributed by atoms with Crippen LogP contribution in [0.15, 0.2) is 54.7 Å². The second-order valence-electron chi connectivity index (χ2n) is 8.44. The summed E-state index contributed by atoms with van der Waals surface area (Å²) in [4.78, 5) is 15.3. The van der Waals surface area contributed by atoms with Gasteiger partial charge in [-0.1, -0.05) is 41.9 Å². The number of carbonyl (C=O) groups is 1. The van der Waals surface area contributed by atoms with Gasteiger partial charge in [0.05, 0.1) is 35.3 Å². The Hall–Kier alpha value is -2.67. The summed E-state index contributed by atoms with van der Waals surface area (Å²) in [6.07, 6.45) is 2.06. The van der Waals surface area contributed by atoms with Crippen molar-refractivity contribution in [3.05, 3.63) is 82.1 Å². The first-order valence-corrected chi connectivity index (χ1v) is 11.3. The monoisotopic (exact) mass is 452 g/mol. The van der Waals surface area contributed by atoms with Crippen LogP contribution in [0.1, 0.15) is 41.0 Å². The van der Waals surface area contributed by atoms with E-state index in [-0.39, 0.29) is 18.1 Å². The van der Waals surface area contributed by atoms with Crippen LogP contribution < -0.4 is 5.32 Å². The fraction of sp³-hybridized carbons (Fsp3) is 0.360. The van der Waals surface area contributed by atoms with Crippen LogP contribution in [0.2, 0.25) is 5.02 Å². The van der Waals surface area contributed by atoms with E-state index in [9.17, 15) is 4.79 Å². The summed E-state index contributed by atoms with van der Waals surface area (Å²) in [5, 5.41) is 8.09. The van der Waals surface area contributed by atoms with Crippen LogP contribution in [-0.4, -0.2) is 45.9 Å². The summed E-state index contributed by atoms with van der Waals surface area (Å²) in [7, 11) is 0. The number of rotatable bonds is 6. The molecule has 168 valence electrons. The molecule has 3 aromatic rings. The minimum absolute atomic E-state index is 0.140. The smallest absolute Gasteiger partial charge is 0.255 e. The zero-order valence-electron chi connectivity index (χ0n) is 18.7. The lowest BCUT2D eigenvalue weighted by Crippen LogP contribution is -2.45. The van der Waals surface area contributed by atoms with Gasteiger partial charge in [0.25, 0.3) is 5.91 Å². The minimum atomic E-state index is -0.140. The molecule has 2 heterocycles. The summed E-state index contributed by atoms with van der Waals surface area (Å²) >= 11 is 6.10. The molecule has 1 saturated heterocycles. The molecular weight excluding hydrogens is 424 g/mol. The largest absolute Gasteiger partial charge is 0.373 e. The second kappa shape index (κ2) is 9.86. The van der Waals surface area contributed by atoms with Gasteiger partial charge < -0.3 is 10.1 Å². The van der Waals surface area contributed by atoms with E-state index < -0.39 is 0 Å². The lowest BCUT2D eigenvalue weighted by molar-refractivity contribution is -0.0705. The van der Waals surface area contributed by atoms with Crippen molar-refractivity contribution in [2.75, 3.05) is 13.1 Å². The lowest BCUT2D eigenvalue weighted by Gasteiger charge is -2.35. The Labute approximate surface area is 194 Å². The number of aromatic nitrogens is 2. The zero-order valence-corrected chi connectivity index (χ0v) is 19.5. The lowest BCUT2D eigenvalue weighted by atomic mass is 10.1. The number of carbonyl (C=O) groups excluding carboxylic acids is 1. The SMILES string of the molecule is Cc1c(C(=O)NCc2ccccc2CN2CC(C)OC(C)C2)cnn1-c1cccc(Cl)c1. The highest BCUT2D eigenvalue weighted by Gasteiger charge is 2.23. The molecule has 1 N–H and O–H groups in total. The van der Waals surface area contributed by atoms with Crippen LogP contribution in [-0.2, 0) is 17.8 Å². The molecule has 1 amide bonds. The van der Waals surface area contributed by atoms with E-state index in [4.69, 9.17) is 16.3 Å². The predicted octanol–water partition coefficient (Wildman–Crippen LogP) is 4.37. The van der Waals surface area contributed by atoms with Crippen molar-refractivity contribution in [2.24, 2.45) is 0 Å². The summed E-state index contributed by atoms with van der Waals surface area (Å²) in [6.45, 7) is 9.24. The molecule has 0 aliphatic carbocycles. The Bertz CT molecular complexity index is 1090. The van der Waals surface area contributed by atoms with Crippen molar-refractivity contribution in [1.29, 1.82) is 0 Å². The molecule has 1 aliphatic heterocycles. The number of ether oxygens (including phenoxy) is 1.